The first-order valence-electron chi connectivity index (χ1n) is 6.87. The standard InChI is InChI=1S/C14H20N4O/c1-9(2)14-16-12(17-19-14)8-18-6-5-11(7-18)13(15)10-3-4-10/h5-7,9-10,13H,3-4,8,15H2,1-2H3. The molecule has 0 spiro atoms. The molecule has 0 saturated heterocycles. The summed E-state index contributed by atoms with van der Waals surface area (Å²) in [4.78, 5) is 4.38. The van der Waals surface area contributed by atoms with Crippen molar-refractivity contribution >= 4 is 0 Å². The van der Waals surface area contributed by atoms with Crippen LogP contribution in [0.3, 0.4) is 0 Å². The first-order chi connectivity index (χ1) is 9.13. The molecule has 1 aliphatic rings. The van der Waals surface area contributed by atoms with Crippen LogP contribution in [0, 0.1) is 5.92 Å². The molecule has 5 heteroatoms. The largest absolute Gasteiger partial charge is 0.346 e. The Morgan fingerprint density at radius 3 is 2.89 bits per heavy atom. The molecular weight excluding hydrogens is 240 g/mol. The van der Waals surface area contributed by atoms with Gasteiger partial charge in [0, 0.05) is 24.4 Å². The van der Waals surface area contributed by atoms with Crippen LogP contribution in [0.25, 0.3) is 0 Å². The van der Waals surface area contributed by atoms with Crippen LogP contribution in [-0.2, 0) is 6.54 Å². The maximum Gasteiger partial charge on any atom is 0.229 e. The van der Waals surface area contributed by atoms with Crippen molar-refractivity contribution in [1.82, 2.24) is 14.7 Å². The van der Waals surface area contributed by atoms with E-state index in [1.165, 1.54) is 18.4 Å². The van der Waals surface area contributed by atoms with Gasteiger partial charge in [-0.15, -0.1) is 0 Å². The summed E-state index contributed by atoms with van der Waals surface area (Å²) < 4.78 is 7.26. The van der Waals surface area contributed by atoms with Gasteiger partial charge in [-0.05, 0) is 30.4 Å². The van der Waals surface area contributed by atoms with Crippen molar-refractivity contribution in [2.75, 3.05) is 0 Å². The molecule has 5 nitrogen and oxygen atoms in total. The Labute approximate surface area is 112 Å². The first-order valence-corrected chi connectivity index (χ1v) is 6.87. The fourth-order valence-corrected chi connectivity index (χ4v) is 2.21. The van der Waals surface area contributed by atoms with Gasteiger partial charge in [0.15, 0.2) is 5.82 Å². The number of nitrogens with two attached hydrogens (primary N) is 1. The molecule has 1 unspecified atom stereocenters. The van der Waals surface area contributed by atoms with Crippen LogP contribution in [0.5, 0.6) is 0 Å². The SMILES string of the molecule is CC(C)c1nc(Cn2ccc(C(N)C3CC3)c2)no1. The fraction of sp³-hybridized carbons (Fsp3) is 0.571. The topological polar surface area (TPSA) is 69.9 Å². The molecule has 0 bridgehead atoms. The van der Waals surface area contributed by atoms with Crippen molar-refractivity contribution < 1.29 is 4.52 Å². The molecule has 1 aliphatic carbocycles. The zero-order chi connectivity index (χ0) is 13.4. The van der Waals surface area contributed by atoms with Crippen molar-refractivity contribution in [2.24, 2.45) is 11.7 Å². The normalized spacial score (nSPS) is 17.1. The van der Waals surface area contributed by atoms with Gasteiger partial charge < -0.3 is 14.8 Å². The van der Waals surface area contributed by atoms with E-state index >= 15 is 0 Å². The number of hydrogen-bond donors (Lipinski definition) is 1. The molecule has 19 heavy (non-hydrogen) atoms. The molecule has 0 aromatic carbocycles. The second-order valence-electron chi connectivity index (χ2n) is 5.68. The Bertz CT molecular complexity index is 553. The molecule has 2 heterocycles. The highest BCUT2D eigenvalue weighted by atomic mass is 16.5. The van der Waals surface area contributed by atoms with Gasteiger partial charge in [-0.3, -0.25) is 0 Å². The van der Waals surface area contributed by atoms with Crippen molar-refractivity contribution in [3.8, 4) is 0 Å². The molecule has 2 N–H and O–H groups in total. The summed E-state index contributed by atoms with van der Waals surface area (Å²) in [5, 5.41) is 4.00. The Morgan fingerprint density at radius 1 is 1.47 bits per heavy atom. The summed E-state index contributed by atoms with van der Waals surface area (Å²) in [6, 6.07) is 2.27. The van der Waals surface area contributed by atoms with Crippen LogP contribution in [0.2, 0.25) is 0 Å². The molecule has 1 atom stereocenters. The van der Waals surface area contributed by atoms with Crippen LogP contribution < -0.4 is 5.73 Å². The number of nitrogens with zero attached hydrogens (tertiary/aromatic N) is 3. The molecule has 2 aromatic rings. The zero-order valence-corrected chi connectivity index (χ0v) is 11.4. The van der Waals surface area contributed by atoms with Crippen molar-refractivity contribution in [3.63, 3.8) is 0 Å². The molecule has 102 valence electrons. The summed E-state index contributed by atoms with van der Waals surface area (Å²) in [5.74, 6) is 2.35. The van der Waals surface area contributed by atoms with E-state index < -0.39 is 0 Å². The highest BCUT2D eigenvalue weighted by Crippen LogP contribution is 2.39. The molecule has 2 aromatic heterocycles. The minimum Gasteiger partial charge on any atom is -0.346 e. The first kappa shape index (κ1) is 12.4. The van der Waals surface area contributed by atoms with E-state index in [4.69, 9.17) is 10.3 Å². The second kappa shape index (κ2) is 4.81. The lowest BCUT2D eigenvalue weighted by Crippen LogP contribution is -2.11. The Morgan fingerprint density at radius 2 is 2.26 bits per heavy atom. The van der Waals surface area contributed by atoms with Gasteiger partial charge in [-0.2, -0.15) is 4.98 Å². The molecule has 1 saturated carbocycles. The average molecular weight is 260 g/mol. The van der Waals surface area contributed by atoms with Gasteiger partial charge in [0.25, 0.3) is 0 Å². The fourth-order valence-electron chi connectivity index (χ4n) is 2.21. The summed E-state index contributed by atoms with van der Waals surface area (Å²) in [6.45, 7) is 4.72. The molecule has 0 radical (unpaired) electrons. The van der Waals surface area contributed by atoms with E-state index in [1.54, 1.807) is 0 Å². The summed E-state index contributed by atoms with van der Waals surface area (Å²) in [6.07, 6.45) is 6.64. The Kier molecular flexibility index (Phi) is 3.14. The van der Waals surface area contributed by atoms with E-state index in [0.717, 1.165) is 0 Å². The van der Waals surface area contributed by atoms with Crippen molar-refractivity contribution in [3.05, 3.63) is 35.7 Å². The van der Waals surface area contributed by atoms with Gasteiger partial charge >= 0.3 is 0 Å². The van der Waals surface area contributed by atoms with E-state index in [0.29, 0.717) is 24.2 Å². The molecular formula is C14H20N4O. The third-order valence-corrected chi connectivity index (χ3v) is 3.59. The van der Waals surface area contributed by atoms with Gasteiger partial charge in [0.05, 0.1) is 6.54 Å². The quantitative estimate of drug-likeness (QED) is 0.896. The summed E-state index contributed by atoms with van der Waals surface area (Å²) in [5.41, 5.74) is 7.39. The highest BCUT2D eigenvalue weighted by molar-refractivity contribution is 5.18. The van der Waals surface area contributed by atoms with Gasteiger partial charge in [0.1, 0.15) is 0 Å². The van der Waals surface area contributed by atoms with Crippen LogP contribution in [0.1, 0.15) is 55.9 Å². The van der Waals surface area contributed by atoms with E-state index in [9.17, 15) is 0 Å². The van der Waals surface area contributed by atoms with Crippen LogP contribution >= 0.6 is 0 Å². The Hall–Kier alpha value is -1.62. The maximum atomic E-state index is 6.19. The smallest absolute Gasteiger partial charge is 0.229 e. The highest BCUT2D eigenvalue weighted by Gasteiger charge is 2.29. The van der Waals surface area contributed by atoms with Crippen molar-refractivity contribution in [2.45, 2.75) is 45.2 Å². The van der Waals surface area contributed by atoms with E-state index in [1.807, 2.05) is 20.0 Å². The zero-order valence-electron chi connectivity index (χ0n) is 11.4. The van der Waals surface area contributed by atoms with Crippen LogP contribution in [-0.4, -0.2) is 14.7 Å². The minimum atomic E-state index is 0.178. The lowest BCUT2D eigenvalue weighted by atomic mass is 10.1. The monoisotopic (exact) mass is 260 g/mol. The lowest BCUT2D eigenvalue weighted by molar-refractivity contribution is 0.360. The van der Waals surface area contributed by atoms with Crippen LogP contribution in [0.4, 0.5) is 0 Å². The molecule has 0 aliphatic heterocycles. The summed E-state index contributed by atoms with van der Waals surface area (Å²) >= 11 is 0. The van der Waals surface area contributed by atoms with Crippen molar-refractivity contribution in [1.29, 1.82) is 0 Å². The predicted molar refractivity (Wildman–Crippen MR) is 71.6 cm³/mol. The van der Waals surface area contributed by atoms with Crippen LogP contribution in [0.15, 0.2) is 23.0 Å². The van der Waals surface area contributed by atoms with Gasteiger partial charge in [-0.25, -0.2) is 0 Å². The second-order valence-corrected chi connectivity index (χ2v) is 5.68. The third-order valence-electron chi connectivity index (χ3n) is 3.59. The molecule has 1 fully saturated rings. The van der Waals surface area contributed by atoms with Gasteiger partial charge in [-0.1, -0.05) is 19.0 Å². The summed E-state index contributed by atoms with van der Waals surface area (Å²) in [7, 11) is 0. The number of aromatic nitrogens is 3. The molecule has 3 rings (SSSR count). The number of rotatable bonds is 5. The van der Waals surface area contributed by atoms with Gasteiger partial charge in [0.2, 0.25) is 5.89 Å². The predicted octanol–water partition coefficient (Wildman–Crippen LogP) is 2.45. The minimum absolute atomic E-state index is 0.178. The average Bonchev–Trinajstić information content (AvgIpc) is 2.94. The lowest BCUT2D eigenvalue weighted by Gasteiger charge is -2.06. The van der Waals surface area contributed by atoms with E-state index in [2.05, 4.69) is 27.0 Å². The Balaban J connectivity index is 1.68. The van der Waals surface area contributed by atoms with E-state index in [-0.39, 0.29) is 12.0 Å². The third kappa shape index (κ3) is 2.71. The number of hydrogen-bond acceptors (Lipinski definition) is 4. The molecule has 0 amide bonds. The maximum absolute atomic E-state index is 6.19.